The fraction of sp³-hybridized carbons (Fsp3) is 0.482. The average molecular weight is 877 g/mol. The number of carbonyl (C=O) groups excluding carboxylic acids is 5. The van der Waals surface area contributed by atoms with Crippen molar-refractivity contribution < 1.29 is 42.9 Å². The van der Waals surface area contributed by atoms with Gasteiger partial charge in [-0.15, -0.1) is 0 Å². The van der Waals surface area contributed by atoms with E-state index in [9.17, 15) is 24.0 Å². The quantitative estimate of drug-likeness (QED) is 0.0823. The van der Waals surface area contributed by atoms with Gasteiger partial charge in [0.05, 0.1) is 27.8 Å². The Morgan fingerprint density at radius 1 is 0.615 bits per heavy atom. The summed E-state index contributed by atoms with van der Waals surface area (Å²) >= 11 is 0. The molecule has 10 rings (SSSR count). The molecule has 4 fully saturated rings. The molecule has 0 radical (unpaired) electrons. The first-order chi connectivity index (χ1) is 31.2. The van der Waals surface area contributed by atoms with Crippen molar-refractivity contribution in [2.75, 3.05) is 0 Å². The van der Waals surface area contributed by atoms with Gasteiger partial charge in [-0.1, -0.05) is 78.1 Å². The zero-order chi connectivity index (χ0) is 45.4. The van der Waals surface area contributed by atoms with Crippen LogP contribution in [-0.2, 0) is 14.9 Å². The number of cyclic esters (lactones) is 4. The smallest absolute Gasteiger partial charge is 0.347 e. The van der Waals surface area contributed by atoms with Crippen molar-refractivity contribution >= 4 is 29.8 Å². The SMILES string of the molecule is CC(C)CCCC(C)C1CCC2C3CCC4CC(c5ccc(OC(=O)c6ccc7c(c6)C(=O)OC7=O)cc5)(c5ccc(Oc6ccc7c(c6)C(=O)OC7=O)cc5)CCC4(C)C3CCC12C. The van der Waals surface area contributed by atoms with Gasteiger partial charge in [0.25, 0.3) is 0 Å². The van der Waals surface area contributed by atoms with Gasteiger partial charge in [-0.3, -0.25) is 0 Å². The molecular formula is C56H60O9. The molecule has 0 N–H and O–H groups in total. The average Bonchev–Trinajstić information content (AvgIpc) is 3.90. The van der Waals surface area contributed by atoms with Gasteiger partial charge < -0.3 is 18.9 Å². The molecule has 6 aliphatic rings. The van der Waals surface area contributed by atoms with E-state index in [4.69, 9.17) is 18.9 Å². The first-order valence-electron chi connectivity index (χ1n) is 24.1. The van der Waals surface area contributed by atoms with E-state index in [2.05, 4.69) is 58.9 Å². The molecule has 9 unspecified atom stereocenters. The van der Waals surface area contributed by atoms with Crippen molar-refractivity contribution in [2.24, 2.45) is 52.3 Å². The van der Waals surface area contributed by atoms with Crippen molar-refractivity contribution in [3.8, 4) is 17.2 Å². The zero-order valence-electron chi connectivity index (χ0n) is 38.3. The number of esters is 5. The largest absolute Gasteiger partial charge is 0.457 e. The maximum Gasteiger partial charge on any atom is 0.347 e. The minimum atomic E-state index is -0.773. The molecule has 9 nitrogen and oxygen atoms in total. The highest BCUT2D eigenvalue weighted by Crippen LogP contribution is 2.70. The summed E-state index contributed by atoms with van der Waals surface area (Å²) in [6.45, 7) is 12.6. The van der Waals surface area contributed by atoms with Gasteiger partial charge in [-0.25, -0.2) is 24.0 Å². The van der Waals surface area contributed by atoms with Crippen molar-refractivity contribution in [3.63, 3.8) is 0 Å². The molecule has 0 spiro atoms. The number of hydrogen-bond acceptors (Lipinski definition) is 9. The zero-order valence-corrected chi connectivity index (χ0v) is 38.3. The monoisotopic (exact) mass is 876 g/mol. The lowest BCUT2D eigenvalue weighted by atomic mass is 9.42. The first-order valence-corrected chi connectivity index (χ1v) is 24.1. The lowest BCUT2D eigenvalue weighted by Gasteiger charge is -2.63. The van der Waals surface area contributed by atoms with Crippen LogP contribution in [0.3, 0.4) is 0 Å². The molecule has 4 aromatic carbocycles. The minimum Gasteiger partial charge on any atom is -0.457 e. The van der Waals surface area contributed by atoms with E-state index in [1.807, 2.05) is 24.3 Å². The fourth-order valence-corrected chi connectivity index (χ4v) is 14.3. The molecule has 2 heterocycles. The van der Waals surface area contributed by atoms with E-state index in [-0.39, 0.29) is 38.6 Å². The number of hydrogen-bond donors (Lipinski definition) is 0. The van der Waals surface area contributed by atoms with Crippen molar-refractivity contribution in [1.82, 2.24) is 0 Å². The van der Waals surface area contributed by atoms with Gasteiger partial charge >= 0.3 is 29.8 Å². The second-order valence-electron chi connectivity index (χ2n) is 21.3. The molecule has 4 saturated carbocycles. The van der Waals surface area contributed by atoms with Crippen LogP contribution in [0.5, 0.6) is 17.2 Å². The van der Waals surface area contributed by atoms with Crippen LogP contribution in [0.1, 0.15) is 175 Å². The third-order valence-electron chi connectivity index (χ3n) is 17.7. The Morgan fingerprint density at radius 3 is 1.89 bits per heavy atom. The van der Waals surface area contributed by atoms with Crippen LogP contribution < -0.4 is 9.47 Å². The third-order valence-corrected chi connectivity index (χ3v) is 17.7. The van der Waals surface area contributed by atoms with Gasteiger partial charge in [0.2, 0.25) is 0 Å². The Morgan fingerprint density at radius 2 is 1.22 bits per heavy atom. The summed E-state index contributed by atoms with van der Waals surface area (Å²) in [4.78, 5) is 61.8. The number of fused-ring (bicyclic) bond motifs is 7. The Hall–Kier alpha value is -5.57. The lowest BCUT2D eigenvalue weighted by molar-refractivity contribution is -0.122. The number of rotatable bonds is 11. The normalized spacial score (nSPS) is 30.4. The second-order valence-corrected chi connectivity index (χ2v) is 21.3. The molecule has 4 aliphatic carbocycles. The maximum atomic E-state index is 13.3. The molecule has 338 valence electrons. The second kappa shape index (κ2) is 16.4. The highest BCUT2D eigenvalue weighted by Gasteiger charge is 2.62. The molecule has 0 amide bonds. The molecule has 0 bridgehead atoms. The van der Waals surface area contributed by atoms with Gasteiger partial charge in [0.15, 0.2) is 0 Å². The number of benzene rings is 4. The standard InChI is InChI=1S/C56H60O9/c1-32(2)7-6-8-33(3)46-23-24-47-43-21-14-37-31-56(28-27-54(37,4)48(43)25-26-55(46,47)5,35-10-15-38(16-11-35)62-40-19-22-42-45(30-40)53(61)65-51(42)59)36-12-17-39(18-13-36)63-49(57)34-9-20-41-44(29-34)52(60)64-50(41)58/h9-13,15-20,22,29-30,32-33,37,43,46-48H,6-8,14,21,23-28,31H2,1-5H3. The molecule has 0 aromatic heterocycles. The van der Waals surface area contributed by atoms with E-state index >= 15 is 0 Å². The van der Waals surface area contributed by atoms with Crippen LogP contribution in [0.25, 0.3) is 0 Å². The summed E-state index contributed by atoms with van der Waals surface area (Å²) < 4.78 is 21.6. The van der Waals surface area contributed by atoms with Crippen molar-refractivity contribution in [2.45, 2.75) is 117 Å². The van der Waals surface area contributed by atoms with Gasteiger partial charge in [0.1, 0.15) is 17.2 Å². The Balaban J connectivity index is 0.912. The van der Waals surface area contributed by atoms with Crippen LogP contribution >= 0.6 is 0 Å². The molecular weight excluding hydrogens is 817 g/mol. The summed E-state index contributed by atoms with van der Waals surface area (Å²) in [5.41, 5.74) is 3.53. The summed E-state index contributed by atoms with van der Waals surface area (Å²) in [7, 11) is 0. The van der Waals surface area contributed by atoms with Crippen LogP contribution in [0.4, 0.5) is 0 Å². The van der Waals surface area contributed by atoms with Crippen LogP contribution in [0.2, 0.25) is 0 Å². The van der Waals surface area contributed by atoms with Gasteiger partial charge in [-0.05, 0) is 182 Å². The summed E-state index contributed by atoms with van der Waals surface area (Å²) in [5.74, 6) is 3.26. The van der Waals surface area contributed by atoms with Gasteiger partial charge in [-0.2, -0.15) is 0 Å². The molecule has 65 heavy (non-hydrogen) atoms. The number of ether oxygens (including phenoxy) is 4. The van der Waals surface area contributed by atoms with E-state index in [0.29, 0.717) is 28.6 Å². The highest BCUT2D eigenvalue weighted by atomic mass is 16.6. The summed E-state index contributed by atoms with van der Waals surface area (Å²) in [5, 5.41) is 0. The van der Waals surface area contributed by atoms with E-state index < -0.39 is 29.8 Å². The predicted molar refractivity (Wildman–Crippen MR) is 244 cm³/mol. The van der Waals surface area contributed by atoms with Crippen LogP contribution in [-0.4, -0.2) is 29.8 Å². The molecule has 4 aromatic rings. The number of carbonyl (C=O) groups is 5. The molecule has 0 saturated heterocycles. The highest BCUT2D eigenvalue weighted by molar-refractivity contribution is 6.16. The lowest BCUT2D eigenvalue weighted by Crippen LogP contribution is -2.55. The topological polar surface area (TPSA) is 122 Å². The fourth-order valence-electron chi connectivity index (χ4n) is 14.3. The molecule has 2 aliphatic heterocycles. The predicted octanol–water partition coefficient (Wildman–Crippen LogP) is 12.7. The van der Waals surface area contributed by atoms with Gasteiger partial charge in [0, 0.05) is 5.41 Å². The van der Waals surface area contributed by atoms with Crippen molar-refractivity contribution in [3.05, 3.63) is 124 Å². The van der Waals surface area contributed by atoms with E-state index in [1.165, 1.54) is 81.5 Å². The third kappa shape index (κ3) is 7.41. The Bertz CT molecular complexity index is 2570. The van der Waals surface area contributed by atoms with Crippen LogP contribution in [0.15, 0.2) is 84.9 Å². The van der Waals surface area contributed by atoms with E-state index in [1.54, 1.807) is 18.2 Å². The Labute approximate surface area is 382 Å². The maximum absolute atomic E-state index is 13.3. The summed E-state index contributed by atoms with van der Waals surface area (Å²) in [6, 6.07) is 25.2. The van der Waals surface area contributed by atoms with Crippen molar-refractivity contribution in [1.29, 1.82) is 0 Å². The summed E-state index contributed by atoms with van der Waals surface area (Å²) in [6.07, 6.45) is 15.1. The molecule has 9 atom stereocenters. The van der Waals surface area contributed by atoms with Crippen LogP contribution in [0, 0.1) is 52.3 Å². The minimum absolute atomic E-state index is 0.0572. The Kier molecular flexibility index (Phi) is 10.9. The van der Waals surface area contributed by atoms with E-state index in [0.717, 1.165) is 60.3 Å². The molecule has 9 heteroatoms. The first kappa shape index (κ1) is 43.3.